The second-order valence-corrected chi connectivity index (χ2v) is 13.7. The Balaban J connectivity index is 1.89. The summed E-state index contributed by atoms with van der Waals surface area (Å²) in [5.41, 5.74) is 0.471. The van der Waals surface area contributed by atoms with Gasteiger partial charge in [0.15, 0.2) is 0 Å². The lowest BCUT2D eigenvalue weighted by atomic mass is 9.88. The van der Waals surface area contributed by atoms with Crippen LogP contribution >= 0.6 is 11.6 Å². The molecule has 3 aliphatic heterocycles. The Labute approximate surface area is 271 Å². The van der Waals surface area contributed by atoms with Crippen LogP contribution in [0.25, 0.3) is 0 Å². The van der Waals surface area contributed by atoms with Crippen LogP contribution in [-0.2, 0) is 23.8 Å². The van der Waals surface area contributed by atoms with Gasteiger partial charge in [-0.05, 0) is 70.8 Å². The quantitative estimate of drug-likeness (QED) is 0.149. The SMILES string of the molecule is C=C1[C@H](O)CC(=O)[C@@H](C)/C=C(\C)C[C@H](O)[C@@]2(O)O[C@H](CC[C@H]2O)C[C@H]2CC[C@@H](O2)[C@@H](CCCC)OC(=O)[C@@H](C)[C@@H](O)[C@H](O)[C@@H]1Cl. The van der Waals surface area contributed by atoms with E-state index in [0.717, 1.165) is 12.8 Å². The monoisotopic (exact) mass is 660 g/mol. The minimum atomic E-state index is -2.22. The molecule has 0 unspecified atom stereocenters. The number of carbonyl (C=O) groups is 2. The molecule has 3 heterocycles. The minimum absolute atomic E-state index is 0.0777. The summed E-state index contributed by atoms with van der Waals surface area (Å²) >= 11 is 6.38. The number of cyclic esters (lactones) is 1. The summed E-state index contributed by atoms with van der Waals surface area (Å²) in [6.07, 6.45) is -3.76. The number of alkyl halides is 1. The van der Waals surface area contributed by atoms with Gasteiger partial charge in [0.1, 0.15) is 30.2 Å². The molecule has 0 aromatic carbocycles. The van der Waals surface area contributed by atoms with Crippen molar-refractivity contribution in [2.45, 2.75) is 158 Å². The number of halogens is 1. The number of ketones is 1. The number of unbranched alkanes of at least 4 members (excludes halogenated alkanes) is 1. The first-order valence-corrected chi connectivity index (χ1v) is 16.7. The fourth-order valence-corrected chi connectivity index (χ4v) is 6.73. The highest BCUT2D eigenvalue weighted by molar-refractivity contribution is 6.23. The molecule has 0 aromatic rings. The highest BCUT2D eigenvalue weighted by Gasteiger charge is 2.49. The van der Waals surface area contributed by atoms with Gasteiger partial charge in [-0.3, -0.25) is 9.59 Å². The first kappa shape index (κ1) is 38.0. The van der Waals surface area contributed by atoms with Crippen molar-refractivity contribution >= 4 is 23.4 Å². The Morgan fingerprint density at radius 3 is 2.31 bits per heavy atom. The summed E-state index contributed by atoms with van der Waals surface area (Å²) in [6, 6.07) is 0. The van der Waals surface area contributed by atoms with E-state index in [-0.39, 0.29) is 36.7 Å². The van der Waals surface area contributed by atoms with E-state index in [2.05, 4.69) is 6.58 Å². The number of aliphatic hydroxyl groups excluding tert-OH is 5. The first-order valence-electron chi connectivity index (χ1n) is 16.3. The predicted octanol–water partition coefficient (Wildman–Crippen LogP) is 2.44. The Morgan fingerprint density at radius 1 is 0.978 bits per heavy atom. The molecule has 2 fully saturated rings. The highest BCUT2D eigenvalue weighted by atomic mass is 35.5. The molecular weight excluding hydrogens is 608 g/mol. The molecule has 12 heteroatoms. The van der Waals surface area contributed by atoms with E-state index in [1.165, 1.54) is 6.92 Å². The number of hydrogen-bond donors (Lipinski definition) is 6. The van der Waals surface area contributed by atoms with Gasteiger partial charge >= 0.3 is 5.97 Å². The van der Waals surface area contributed by atoms with E-state index >= 15 is 0 Å². The van der Waals surface area contributed by atoms with Crippen molar-refractivity contribution in [1.29, 1.82) is 0 Å². The van der Waals surface area contributed by atoms with Crippen molar-refractivity contribution in [1.82, 2.24) is 0 Å². The number of rotatable bonds is 3. The zero-order valence-electron chi connectivity index (χ0n) is 26.9. The molecule has 0 spiro atoms. The van der Waals surface area contributed by atoms with E-state index in [9.17, 15) is 40.2 Å². The summed E-state index contributed by atoms with van der Waals surface area (Å²) in [5, 5.41) is 64.0. The Hall–Kier alpha value is -1.41. The van der Waals surface area contributed by atoms with Crippen LogP contribution in [0.1, 0.15) is 91.9 Å². The van der Waals surface area contributed by atoms with Gasteiger partial charge in [0.25, 0.3) is 0 Å². The molecule has 0 amide bonds. The van der Waals surface area contributed by atoms with Crippen LogP contribution in [0.5, 0.6) is 0 Å². The molecule has 6 N–H and O–H groups in total. The molecule has 258 valence electrons. The van der Waals surface area contributed by atoms with Gasteiger partial charge < -0.3 is 44.8 Å². The van der Waals surface area contributed by atoms with E-state index in [1.54, 1.807) is 19.9 Å². The van der Waals surface area contributed by atoms with Crippen molar-refractivity contribution in [3.8, 4) is 0 Å². The molecule has 3 rings (SSSR count). The summed E-state index contributed by atoms with van der Waals surface area (Å²) in [7, 11) is 0. The van der Waals surface area contributed by atoms with Gasteiger partial charge in [-0.25, -0.2) is 0 Å². The molecule has 0 radical (unpaired) electrons. The van der Waals surface area contributed by atoms with Gasteiger partial charge in [-0.2, -0.15) is 0 Å². The first-order chi connectivity index (χ1) is 21.1. The number of aliphatic hydroxyl groups is 6. The topological polar surface area (TPSA) is 183 Å². The van der Waals surface area contributed by atoms with E-state index in [4.69, 9.17) is 25.8 Å². The molecule has 13 atom stereocenters. The number of allylic oxidation sites excluding steroid dienone is 1. The normalized spacial score (nSPS) is 44.6. The Morgan fingerprint density at radius 2 is 1.64 bits per heavy atom. The lowest BCUT2D eigenvalue weighted by Crippen LogP contribution is -2.59. The van der Waals surface area contributed by atoms with Crippen LogP contribution in [0, 0.1) is 11.8 Å². The molecule has 4 bridgehead atoms. The molecule has 45 heavy (non-hydrogen) atoms. The standard InChI is InChI=1S/C33H53ClO11/c1-6-7-8-25-26-11-9-21(43-26)15-22-10-12-27(37)33(42,45-22)28(38)14-17(2)13-18(3)23(35)16-24(36)19(4)29(34)31(40)30(39)20(5)32(41)44-25/h13,18,20-22,24-31,36-40,42H,4,6-12,14-16H2,1-3,5H3/b17-13+/t18-,20-,21+,22+,24+,25+,26+,27+,28-,29+,30+,31+,33-/m0/s1. The Kier molecular flexibility index (Phi) is 14.0. The summed E-state index contributed by atoms with van der Waals surface area (Å²) in [5.74, 6) is -5.22. The van der Waals surface area contributed by atoms with Gasteiger partial charge in [-0.15, -0.1) is 11.6 Å². The molecule has 0 aromatic heterocycles. The second kappa shape index (κ2) is 16.6. The van der Waals surface area contributed by atoms with E-state index in [1.807, 2.05) is 6.92 Å². The zero-order chi connectivity index (χ0) is 33.6. The van der Waals surface area contributed by atoms with Crippen molar-refractivity contribution < 1.29 is 54.4 Å². The zero-order valence-corrected chi connectivity index (χ0v) is 27.6. The Bertz CT molecular complexity index is 1050. The van der Waals surface area contributed by atoms with Gasteiger partial charge in [0, 0.05) is 12.3 Å². The number of Topliss-reactive ketones (excluding diaryl/α,β-unsaturated/α-hetero) is 1. The van der Waals surface area contributed by atoms with Crippen LogP contribution < -0.4 is 0 Å². The number of esters is 1. The van der Waals surface area contributed by atoms with Crippen molar-refractivity contribution in [2.24, 2.45) is 11.8 Å². The van der Waals surface area contributed by atoms with Crippen LogP contribution in [0.3, 0.4) is 0 Å². The minimum Gasteiger partial charge on any atom is -0.459 e. The number of hydrogen-bond acceptors (Lipinski definition) is 11. The maximum Gasteiger partial charge on any atom is 0.311 e. The largest absolute Gasteiger partial charge is 0.459 e. The van der Waals surface area contributed by atoms with E-state index in [0.29, 0.717) is 37.7 Å². The van der Waals surface area contributed by atoms with Gasteiger partial charge in [0.05, 0.1) is 41.8 Å². The summed E-state index contributed by atoms with van der Waals surface area (Å²) in [6.45, 7) is 10.5. The van der Waals surface area contributed by atoms with Crippen molar-refractivity contribution in [3.63, 3.8) is 0 Å². The van der Waals surface area contributed by atoms with E-state index < -0.39 is 77.8 Å². The average molecular weight is 661 g/mol. The smallest absolute Gasteiger partial charge is 0.311 e. The lowest BCUT2D eigenvalue weighted by Gasteiger charge is -2.44. The fraction of sp³-hybridized carbons (Fsp3) is 0.818. The molecule has 0 aliphatic carbocycles. The molecule has 11 nitrogen and oxygen atoms in total. The van der Waals surface area contributed by atoms with Crippen LogP contribution in [0.2, 0.25) is 0 Å². The number of fused-ring (bicyclic) bond motifs is 4. The van der Waals surface area contributed by atoms with Crippen LogP contribution in [0.15, 0.2) is 23.8 Å². The van der Waals surface area contributed by atoms with Crippen molar-refractivity contribution in [2.75, 3.05) is 0 Å². The maximum atomic E-state index is 13.2. The third-order valence-electron chi connectivity index (χ3n) is 9.53. The average Bonchev–Trinajstić information content (AvgIpc) is 3.46. The van der Waals surface area contributed by atoms with Gasteiger partial charge in [-0.1, -0.05) is 38.5 Å². The lowest BCUT2D eigenvalue weighted by molar-refractivity contribution is -0.337. The van der Waals surface area contributed by atoms with Crippen molar-refractivity contribution in [3.05, 3.63) is 23.8 Å². The number of carbonyl (C=O) groups excluding carboxylic acids is 2. The third kappa shape index (κ3) is 9.58. The molecule has 0 saturated carbocycles. The molecular formula is C33H53ClO11. The fourth-order valence-electron chi connectivity index (χ4n) is 6.44. The highest BCUT2D eigenvalue weighted by Crippen LogP contribution is 2.37. The van der Waals surface area contributed by atoms with Crippen LogP contribution in [0.4, 0.5) is 0 Å². The number of ether oxygens (including phenoxy) is 3. The summed E-state index contributed by atoms with van der Waals surface area (Å²) < 4.78 is 18.1. The second-order valence-electron chi connectivity index (χ2n) is 13.3. The predicted molar refractivity (Wildman–Crippen MR) is 166 cm³/mol. The van der Waals surface area contributed by atoms with Crippen LogP contribution in [-0.4, -0.2) is 108 Å². The van der Waals surface area contributed by atoms with Gasteiger partial charge in [0.2, 0.25) is 5.79 Å². The third-order valence-corrected chi connectivity index (χ3v) is 10.1. The maximum absolute atomic E-state index is 13.2. The molecule has 3 aliphatic rings. The molecule has 2 saturated heterocycles. The summed E-state index contributed by atoms with van der Waals surface area (Å²) in [4.78, 5) is 26.1.